The molecule has 2 heteroatoms. The molecule has 0 saturated carbocycles. The van der Waals surface area contributed by atoms with Crippen LogP contribution in [0, 0.1) is 5.92 Å². The van der Waals surface area contributed by atoms with Gasteiger partial charge in [0.25, 0.3) is 0 Å². The van der Waals surface area contributed by atoms with Gasteiger partial charge in [0.1, 0.15) is 0 Å². The summed E-state index contributed by atoms with van der Waals surface area (Å²) in [4.78, 5) is 0. The van der Waals surface area contributed by atoms with Gasteiger partial charge in [-0.25, -0.2) is 0 Å². The van der Waals surface area contributed by atoms with E-state index in [0.717, 1.165) is 19.4 Å². The average molecular weight is 143 g/mol. The van der Waals surface area contributed by atoms with E-state index >= 15 is 0 Å². The first-order chi connectivity index (χ1) is 4.74. The quantitative estimate of drug-likeness (QED) is 0.629. The van der Waals surface area contributed by atoms with Gasteiger partial charge in [-0.3, -0.25) is 0 Å². The molecule has 2 nitrogen and oxygen atoms in total. The summed E-state index contributed by atoms with van der Waals surface area (Å²) in [6.45, 7) is 5.12. The maximum atomic E-state index is 5.86. The van der Waals surface area contributed by atoms with E-state index in [0.29, 0.717) is 18.1 Å². The molecular weight excluding hydrogens is 126 g/mol. The Morgan fingerprint density at radius 3 is 2.80 bits per heavy atom. The van der Waals surface area contributed by atoms with E-state index in [1.165, 1.54) is 0 Å². The minimum atomic E-state index is 0.352. The van der Waals surface area contributed by atoms with Gasteiger partial charge >= 0.3 is 0 Å². The Kier molecular flexibility index (Phi) is 2.69. The molecule has 0 spiro atoms. The van der Waals surface area contributed by atoms with Gasteiger partial charge in [-0.15, -0.1) is 0 Å². The molecule has 60 valence electrons. The lowest BCUT2D eigenvalue weighted by Crippen LogP contribution is -2.29. The van der Waals surface area contributed by atoms with Crippen molar-refractivity contribution in [2.24, 2.45) is 11.7 Å². The highest BCUT2D eigenvalue weighted by atomic mass is 16.5. The van der Waals surface area contributed by atoms with E-state index in [2.05, 4.69) is 13.8 Å². The van der Waals surface area contributed by atoms with Crippen molar-refractivity contribution in [1.29, 1.82) is 0 Å². The molecule has 1 heterocycles. The Morgan fingerprint density at radius 2 is 2.40 bits per heavy atom. The summed E-state index contributed by atoms with van der Waals surface area (Å²) in [7, 11) is 0. The summed E-state index contributed by atoms with van der Waals surface area (Å²) in [5, 5.41) is 0. The standard InChI is InChI=1S/C8H17NO/c1-3-8(9)7-4-6(2)10-5-7/h6-8H,3-5,9H2,1-2H3. The lowest BCUT2D eigenvalue weighted by Gasteiger charge is -2.14. The summed E-state index contributed by atoms with van der Waals surface area (Å²) in [6.07, 6.45) is 2.65. The third kappa shape index (κ3) is 1.70. The van der Waals surface area contributed by atoms with Crippen LogP contribution in [-0.4, -0.2) is 18.8 Å². The van der Waals surface area contributed by atoms with Crippen LogP contribution in [0.2, 0.25) is 0 Å². The van der Waals surface area contributed by atoms with Crippen molar-refractivity contribution in [2.45, 2.75) is 38.8 Å². The van der Waals surface area contributed by atoms with Crippen LogP contribution in [0.15, 0.2) is 0 Å². The van der Waals surface area contributed by atoms with Crippen molar-refractivity contribution in [3.8, 4) is 0 Å². The third-order valence-corrected chi connectivity index (χ3v) is 2.31. The second-order valence-corrected chi connectivity index (χ2v) is 3.21. The third-order valence-electron chi connectivity index (χ3n) is 2.31. The maximum Gasteiger partial charge on any atom is 0.0551 e. The van der Waals surface area contributed by atoms with Gasteiger partial charge in [-0.05, 0) is 25.7 Å². The van der Waals surface area contributed by atoms with Crippen LogP contribution in [0.25, 0.3) is 0 Å². The Balaban J connectivity index is 2.29. The highest BCUT2D eigenvalue weighted by Gasteiger charge is 2.25. The predicted molar refractivity (Wildman–Crippen MR) is 41.8 cm³/mol. The molecule has 0 bridgehead atoms. The number of nitrogens with two attached hydrogens (primary N) is 1. The molecule has 1 aliphatic rings. The van der Waals surface area contributed by atoms with Gasteiger partial charge in [-0.1, -0.05) is 6.92 Å². The van der Waals surface area contributed by atoms with Crippen LogP contribution in [-0.2, 0) is 4.74 Å². The Hall–Kier alpha value is -0.0800. The van der Waals surface area contributed by atoms with Gasteiger partial charge in [0.05, 0.1) is 12.7 Å². The normalized spacial score (nSPS) is 36.3. The fourth-order valence-electron chi connectivity index (χ4n) is 1.48. The molecule has 0 aliphatic carbocycles. The molecule has 0 aromatic heterocycles. The van der Waals surface area contributed by atoms with Crippen molar-refractivity contribution in [2.75, 3.05) is 6.61 Å². The van der Waals surface area contributed by atoms with Gasteiger partial charge in [0.15, 0.2) is 0 Å². The van der Waals surface area contributed by atoms with Crippen LogP contribution in [0.3, 0.4) is 0 Å². The summed E-state index contributed by atoms with van der Waals surface area (Å²) in [6, 6.07) is 0.352. The molecule has 1 saturated heterocycles. The van der Waals surface area contributed by atoms with E-state index < -0.39 is 0 Å². The molecule has 0 aromatic rings. The molecule has 0 radical (unpaired) electrons. The molecule has 1 fully saturated rings. The lowest BCUT2D eigenvalue weighted by molar-refractivity contribution is 0.118. The predicted octanol–water partition coefficient (Wildman–Crippen LogP) is 1.15. The van der Waals surface area contributed by atoms with Gasteiger partial charge in [-0.2, -0.15) is 0 Å². The topological polar surface area (TPSA) is 35.2 Å². The van der Waals surface area contributed by atoms with E-state index in [9.17, 15) is 0 Å². The molecule has 1 rings (SSSR count). The van der Waals surface area contributed by atoms with E-state index in [-0.39, 0.29) is 0 Å². The van der Waals surface area contributed by atoms with Crippen molar-refractivity contribution in [1.82, 2.24) is 0 Å². The maximum absolute atomic E-state index is 5.86. The first-order valence-electron chi connectivity index (χ1n) is 4.11. The van der Waals surface area contributed by atoms with Crippen molar-refractivity contribution < 1.29 is 4.74 Å². The van der Waals surface area contributed by atoms with Crippen LogP contribution in [0.4, 0.5) is 0 Å². The van der Waals surface area contributed by atoms with Crippen molar-refractivity contribution in [3.63, 3.8) is 0 Å². The second-order valence-electron chi connectivity index (χ2n) is 3.21. The Morgan fingerprint density at radius 1 is 1.70 bits per heavy atom. The van der Waals surface area contributed by atoms with Crippen molar-refractivity contribution in [3.05, 3.63) is 0 Å². The first-order valence-corrected chi connectivity index (χ1v) is 4.11. The fraction of sp³-hybridized carbons (Fsp3) is 1.00. The van der Waals surface area contributed by atoms with E-state index in [4.69, 9.17) is 10.5 Å². The summed E-state index contributed by atoms with van der Waals surface area (Å²) < 4.78 is 5.41. The molecule has 3 atom stereocenters. The second kappa shape index (κ2) is 3.35. The Bertz CT molecular complexity index is 105. The zero-order chi connectivity index (χ0) is 7.56. The van der Waals surface area contributed by atoms with Gasteiger partial charge in [0.2, 0.25) is 0 Å². The minimum absolute atomic E-state index is 0.352. The van der Waals surface area contributed by atoms with Crippen LogP contribution < -0.4 is 5.73 Å². The fourth-order valence-corrected chi connectivity index (χ4v) is 1.48. The van der Waals surface area contributed by atoms with E-state index in [1.54, 1.807) is 0 Å². The van der Waals surface area contributed by atoms with Crippen LogP contribution in [0.1, 0.15) is 26.7 Å². The summed E-state index contributed by atoms with van der Waals surface area (Å²) in [5.41, 5.74) is 5.86. The van der Waals surface area contributed by atoms with Crippen molar-refractivity contribution >= 4 is 0 Å². The highest BCUT2D eigenvalue weighted by molar-refractivity contribution is 4.78. The largest absolute Gasteiger partial charge is 0.378 e. The average Bonchev–Trinajstić information content (AvgIpc) is 2.34. The Labute approximate surface area is 62.7 Å². The molecule has 3 unspecified atom stereocenters. The zero-order valence-corrected chi connectivity index (χ0v) is 6.84. The monoisotopic (exact) mass is 143 g/mol. The molecular formula is C8H17NO. The summed E-state index contributed by atoms with van der Waals surface area (Å²) >= 11 is 0. The summed E-state index contributed by atoms with van der Waals surface area (Å²) in [5.74, 6) is 0.611. The number of rotatable bonds is 2. The van der Waals surface area contributed by atoms with Crippen LogP contribution >= 0.6 is 0 Å². The number of hydrogen-bond acceptors (Lipinski definition) is 2. The SMILES string of the molecule is CCC(N)C1COC(C)C1. The number of ether oxygens (including phenoxy) is 1. The molecule has 0 amide bonds. The van der Waals surface area contributed by atoms with E-state index in [1.807, 2.05) is 0 Å². The zero-order valence-electron chi connectivity index (χ0n) is 6.84. The van der Waals surface area contributed by atoms with Crippen LogP contribution in [0.5, 0.6) is 0 Å². The molecule has 2 N–H and O–H groups in total. The molecule has 10 heavy (non-hydrogen) atoms. The molecule has 1 aliphatic heterocycles. The van der Waals surface area contributed by atoms with Gasteiger partial charge < -0.3 is 10.5 Å². The smallest absolute Gasteiger partial charge is 0.0551 e. The lowest BCUT2D eigenvalue weighted by atomic mass is 9.96. The first kappa shape index (κ1) is 8.02. The highest BCUT2D eigenvalue weighted by Crippen LogP contribution is 2.22. The van der Waals surface area contributed by atoms with Gasteiger partial charge in [0, 0.05) is 6.04 Å². The molecule has 0 aromatic carbocycles. The number of hydrogen-bond donors (Lipinski definition) is 1. The minimum Gasteiger partial charge on any atom is -0.378 e.